The minimum atomic E-state index is -0.394. The van der Waals surface area contributed by atoms with E-state index in [1.165, 1.54) is 11.3 Å². The summed E-state index contributed by atoms with van der Waals surface area (Å²) < 4.78 is -0.394. The fourth-order valence-corrected chi connectivity index (χ4v) is 1.52. The number of aryl methyl sites for hydroxylation is 1. The van der Waals surface area contributed by atoms with Gasteiger partial charge in [0, 0.05) is 0 Å². The molecule has 0 saturated carbocycles. The van der Waals surface area contributed by atoms with Crippen LogP contribution in [0.25, 0.3) is 0 Å². The van der Waals surface area contributed by atoms with Crippen molar-refractivity contribution in [2.75, 3.05) is 5.32 Å². The Morgan fingerprint density at radius 2 is 2.31 bits per heavy atom. The van der Waals surface area contributed by atoms with Gasteiger partial charge in [-0.15, -0.1) is 10.2 Å². The lowest BCUT2D eigenvalue weighted by molar-refractivity contribution is -0.114. The van der Waals surface area contributed by atoms with Crippen LogP contribution < -0.4 is 5.32 Å². The third kappa shape index (κ3) is 3.32. The van der Waals surface area contributed by atoms with Crippen LogP contribution in [-0.2, 0) is 11.2 Å². The average molecular weight is 329 g/mol. The summed E-state index contributed by atoms with van der Waals surface area (Å²) in [7, 11) is 0. The highest BCUT2D eigenvalue weighted by molar-refractivity contribution is 9.25. The minimum Gasteiger partial charge on any atom is -0.299 e. The van der Waals surface area contributed by atoms with E-state index in [2.05, 4.69) is 47.4 Å². The maximum absolute atomic E-state index is 11.1. The molecule has 0 radical (unpaired) electrons. The molecule has 1 amide bonds. The second-order valence-electron chi connectivity index (χ2n) is 2.14. The molecule has 0 aliphatic heterocycles. The van der Waals surface area contributed by atoms with E-state index >= 15 is 0 Å². The van der Waals surface area contributed by atoms with Crippen molar-refractivity contribution in [3.63, 3.8) is 0 Å². The number of anilines is 1. The lowest BCUT2D eigenvalue weighted by Crippen LogP contribution is -2.17. The van der Waals surface area contributed by atoms with Crippen LogP contribution >= 0.6 is 43.2 Å². The maximum Gasteiger partial charge on any atom is 0.250 e. The molecule has 0 aliphatic carbocycles. The maximum atomic E-state index is 11.1. The van der Waals surface area contributed by atoms with Gasteiger partial charge >= 0.3 is 0 Å². The Bertz CT molecular complexity index is 302. The van der Waals surface area contributed by atoms with Gasteiger partial charge < -0.3 is 0 Å². The predicted octanol–water partition coefficient (Wildman–Crippen LogP) is 2.15. The molecule has 72 valence electrons. The number of nitrogens with zero attached hydrogens (tertiary/aromatic N) is 2. The lowest BCUT2D eigenvalue weighted by atomic mass is 10.5. The molecule has 4 nitrogen and oxygen atoms in total. The normalized spacial score (nSPS) is 10.5. The summed E-state index contributed by atoms with van der Waals surface area (Å²) in [6.45, 7) is 1.99. The topological polar surface area (TPSA) is 54.9 Å². The first-order valence-corrected chi connectivity index (χ1v) is 6.19. The van der Waals surface area contributed by atoms with Crippen LogP contribution in [0.15, 0.2) is 0 Å². The number of nitrogens with one attached hydrogen (secondary N) is 1. The minimum absolute atomic E-state index is 0.182. The van der Waals surface area contributed by atoms with Gasteiger partial charge in [0.1, 0.15) is 8.74 Å². The van der Waals surface area contributed by atoms with Gasteiger partial charge in [0.15, 0.2) is 0 Å². The van der Waals surface area contributed by atoms with Crippen molar-refractivity contribution in [1.82, 2.24) is 10.2 Å². The average Bonchev–Trinajstić information content (AvgIpc) is 2.52. The third-order valence-corrected chi connectivity index (χ3v) is 3.01. The first-order valence-electron chi connectivity index (χ1n) is 3.55. The summed E-state index contributed by atoms with van der Waals surface area (Å²) in [5.74, 6) is -0.182. The molecule has 1 aromatic rings. The molecule has 0 saturated heterocycles. The number of hydrogen-bond acceptors (Lipinski definition) is 4. The molecule has 1 rings (SSSR count). The zero-order valence-corrected chi connectivity index (χ0v) is 10.7. The Morgan fingerprint density at radius 1 is 1.62 bits per heavy atom. The number of amides is 1. The van der Waals surface area contributed by atoms with Crippen molar-refractivity contribution in [2.24, 2.45) is 0 Å². The highest BCUT2D eigenvalue weighted by Gasteiger charge is 2.12. The van der Waals surface area contributed by atoms with Crippen molar-refractivity contribution < 1.29 is 4.79 Å². The van der Waals surface area contributed by atoms with Crippen molar-refractivity contribution in [3.05, 3.63) is 5.01 Å². The van der Waals surface area contributed by atoms with Crippen LogP contribution in [0.4, 0.5) is 5.13 Å². The van der Waals surface area contributed by atoms with Crippen molar-refractivity contribution >= 4 is 54.2 Å². The van der Waals surface area contributed by atoms with Crippen LogP contribution in [0, 0.1) is 0 Å². The SMILES string of the molecule is CCc1nnc(NC(=O)C(Br)Br)s1. The molecule has 0 spiro atoms. The summed E-state index contributed by atoms with van der Waals surface area (Å²) >= 11 is 7.55. The summed E-state index contributed by atoms with van der Waals surface area (Å²) in [6.07, 6.45) is 0.833. The van der Waals surface area contributed by atoms with Gasteiger partial charge in [-0.3, -0.25) is 10.1 Å². The molecular weight excluding hydrogens is 322 g/mol. The standard InChI is InChI=1S/C6H7Br2N3OS/c1-2-3-10-11-6(13-3)9-5(12)4(7)8/h4H,2H2,1H3,(H,9,11,12). The Hall–Kier alpha value is -0.0100. The number of hydrogen-bond donors (Lipinski definition) is 1. The lowest BCUT2D eigenvalue weighted by Gasteiger charge is -1.99. The molecule has 1 N–H and O–H groups in total. The van der Waals surface area contributed by atoms with Gasteiger partial charge in [-0.2, -0.15) is 0 Å². The molecule has 0 aromatic carbocycles. The molecule has 0 bridgehead atoms. The van der Waals surface area contributed by atoms with Gasteiger partial charge in [0.25, 0.3) is 5.91 Å². The highest BCUT2D eigenvalue weighted by Crippen LogP contribution is 2.17. The fourth-order valence-electron chi connectivity index (χ4n) is 0.607. The summed E-state index contributed by atoms with van der Waals surface area (Å²) in [5, 5.41) is 11.7. The number of alkyl halides is 2. The molecule has 0 atom stereocenters. The second kappa shape index (κ2) is 5.02. The molecule has 0 unspecified atom stereocenters. The van der Waals surface area contributed by atoms with E-state index in [1.54, 1.807) is 0 Å². The van der Waals surface area contributed by atoms with Gasteiger partial charge in [0.05, 0.1) is 0 Å². The highest BCUT2D eigenvalue weighted by atomic mass is 79.9. The van der Waals surface area contributed by atoms with E-state index < -0.39 is 3.74 Å². The number of carbonyl (C=O) groups is 1. The molecule has 0 aliphatic rings. The van der Waals surface area contributed by atoms with E-state index in [-0.39, 0.29) is 5.91 Å². The molecule has 13 heavy (non-hydrogen) atoms. The Balaban J connectivity index is 2.59. The van der Waals surface area contributed by atoms with Crippen LogP contribution in [0.1, 0.15) is 11.9 Å². The van der Waals surface area contributed by atoms with E-state index in [9.17, 15) is 4.79 Å². The summed E-state index contributed by atoms with van der Waals surface area (Å²) in [6, 6.07) is 0. The molecular formula is C6H7Br2N3OS. The molecule has 0 fully saturated rings. The second-order valence-corrected chi connectivity index (χ2v) is 6.27. The number of carbonyl (C=O) groups excluding carboxylic acids is 1. The van der Waals surface area contributed by atoms with Gasteiger partial charge in [-0.05, 0) is 6.42 Å². The van der Waals surface area contributed by atoms with Crippen LogP contribution in [0.2, 0.25) is 0 Å². The van der Waals surface area contributed by atoms with Crippen LogP contribution in [0.3, 0.4) is 0 Å². The van der Waals surface area contributed by atoms with Crippen LogP contribution in [0.5, 0.6) is 0 Å². The van der Waals surface area contributed by atoms with Gasteiger partial charge in [-0.1, -0.05) is 50.1 Å². The molecule has 7 heteroatoms. The van der Waals surface area contributed by atoms with E-state index in [0.717, 1.165) is 11.4 Å². The number of aromatic nitrogens is 2. The first-order chi connectivity index (χ1) is 6.13. The smallest absolute Gasteiger partial charge is 0.250 e. The van der Waals surface area contributed by atoms with Crippen LogP contribution in [-0.4, -0.2) is 19.8 Å². The molecule has 1 aromatic heterocycles. The van der Waals surface area contributed by atoms with E-state index in [0.29, 0.717) is 5.13 Å². The largest absolute Gasteiger partial charge is 0.299 e. The van der Waals surface area contributed by atoms with E-state index in [1.807, 2.05) is 6.92 Å². The predicted molar refractivity (Wildman–Crippen MR) is 59.6 cm³/mol. The number of halogens is 2. The van der Waals surface area contributed by atoms with Crippen molar-refractivity contribution in [1.29, 1.82) is 0 Å². The third-order valence-electron chi connectivity index (χ3n) is 1.20. The molecule has 1 heterocycles. The quantitative estimate of drug-likeness (QED) is 0.865. The Kier molecular flexibility index (Phi) is 4.27. The fraction of sp³-hybridized carbons (Fsp3) is 0.500. The summed E-state index contributed by atoms with van der Waals surface area (Å²) in [4.78, 5) is 11.1. The monoisotopic (exact) mass is 327 g/mol. The first kappa shape index (κ1) is 11.1. The van der Waals surface area contributed by atoms with Crippen molar-refractivity contribution in [3.8, 4) is 0 Å². The number of rotatable bonds is 3. The zero-order valence-electron chi connectivity index (χ0n) is 6.75. The Morgan fingerprint density at radius 3 is 2.77 bits per heavy atom. The van der Waals surface area contributed by atoms with E-state index in [4.69, 9.17) is 0 Å². The van der Waals surface area contributed by atoms with Gasteiger partial charge in [-0.25, -0.2) is 0 Å². The Labute approximate surface area is 96.4 Å². The van der Waals surface area contributed by atoms with Crippen molar-refractivity contribution in [2.45, 2.75) is 17.1 Å². The zero-order chi connectivity index (χ0) is 9.84. The summed E-state index contributed by atoms with van der Waals surface area (Å²) in [5.41, 5.74) is 0. The van der Waals surface area contributed by atoms with Gasteiger partial charge in [0.2, 0.25) is 5.13 Å².